The van der Waals surface area contributed by atoms with Crippen LogP contribution in [0.1, 0.15) is 22.8 Å². The first-order valence-corrected chi connectivity index (χ1v) is 8.01. The molecule has 1 aliphatic heterocycles. The van der Waals surface area contributed by atoms with E-state index in [2.05, 4.69) is 5.32 Å². The third kappa shape index (κ3) is 3.81. The number of nitrogens with zero attached hydrogens (tertiary/aromatic N) is 1. The SMILES string of the molecule is C[C@@H]1CN(C(=O)Nc2cccc(C(=O)c3ccccc3)c2)CCO1. The number of carbonyl (C=O) groups is 2. The van der Waals surface area contributed by atoms with E-state index in [-0.39, 0.29) is 17.9 Å². The Bertz CT molecular complexity index is 730. The third-order valence-corrected chi connectivity index (χ3v) is 3.94. The molecule has 1 fully saturated rings. The summed E-state index contributed by atoms with van der Waals surface area (Å²) < 4.78 is 5.44. The van der Waals surface area contributed by atoms with Crippen molar-refractivity contribution in [2.24, 2.45) is 0 Å². The molecule has 0 aliphatic carbocycles. The Morgan fingerprint density at radius 2 is 1.83 bits per heavy atom. The number of hydrogen-bond donors (Lipinski definition) is 1. The zero-order chi connectivity index (χ0) is 16.9. The molecule has 1 atom stereocenters. The van der Waals surface area contributed by atoms with Crippen LogP contribution in [-0.4, -0.2) is 42.5 Å². The standard InChI is InChI=1S/C19H20N2O3/c1-14-13-21(10-11-24-14)19(23)20-17-9-5-8-16(12-17)18(22)15-6-3-2-4-7-15/h2-9,12,14H,10-11,13H2,1H3,(H,20,23)/t14-/m1/s1. The second kappa shape index (κ2) is 7.27. The Kier molecular flexibility index (Phi) is 4.91. The van der Waals surface area contributed by atoms with Crippen LogP contribution in [0.2, 0.25) is 0 Å². The smallest absolute Gasteiger partial charge is 0.322 e. The van der Waals surface area contributed by atoms with E-state index in [1.54, 1.807) is 41.3 Å². The first-order chi connectivity index (χ1) is 11.6. The number of ketones is 1. The zero-order valence-electron chi connectivity index (χ0n) is 13.6. The van der Waals surface area contributed by atoms with Gasteiger partial charge in [-0.15, -0.1) is 0 Å². The predicted molar refractivity (Wildman–Crippen MR) is 92.3 cm³/mol. The van der Waals surface area contributed by atoms with Crippen molar-refractivity contribution in [1.82, 2.24) is 4.90 Å². The minimum atomic E-state index is -0.172. The lowest BCUT2D eigenvalue weighted by Crippen LogP contribution is -2.46. The molecule has 5 nitrogen and oxygen atoms in total. The fraction of sp³-hybridized carbons (Fsp3) is 0.263. The molecule has 2 aromatic rings. The highest BCUT2D eigenvalue weighted by Crippen LogP contribution is 2.16. The van der Waals surface area contributed by atoms with Crippen LogP contribution >= 0.6 is 0 Å². The lowest BCUT2D eigenvalue weighted by atomic mass is 10.0. The highest BCUT2D eigenvalue weighted by molar-refractivity contribution is 6.09. The molecule has 3 rings (SSSR count). The van der Waals surface area contributed by atoms with Crippen molar-refractivity contribution in [2.45, 2.75) is 13.0 Å². The van der Waals surface area contributed by atoms with Crippen molar-refractivity contribution in [3.05, 3.63) is 65.7 Å². The number of amides is 2. The normalized spacial score (nSPS) is 17.4. The van der Waals surface area contributed by atoms with Crippen LogP contribution in [0, 0.1) is 0 Å². The number of urea groups is 1. The number of ether oxygens (including phenoxy) is 1. The third-order valence-electron chi connectivity index (χ3n) is 3.94. The second-order valence-electron chi connectivity index (χ2n) is 5.83. The Labute approximate surface area is 141 Å². The number of nitrogens with one attached hydrogen (secondary N) is 1. The second-order valence-corrected chi connectivity index (χ2v) is 5.83. The Hall–Kier alpha value is -2.66. The molecule has 0 radical (unpaired) electrons. The van der Waals surface area contributed by atoms with Crippen LogP contribution < -0.4 is 5.32 Å². The number of carbonyl (C=O) groups excluding carboxylic acids is 2. The largest absolute Gasteiger partial charge is 0.375 e. The van der Waals surface area contributed by atoms with Gasteiger partial charge in [0.15, 0.2) is 5.78 Å². The summed E-state index contributed by atoms with van der Waals surface area (Å²) in [5.74, 6) is -0.0632. The molecule has 5 heteroatoms. The summed E-state index contributed by atoms with van der Waals surface area (Å²) in [7, 11) is 0. The van der Waals surface area contributed by atoms with E-state index in [1.807, 2.05) is 25.1 Å². The van der Waals surface area contributed by atoms with Crippen molar-refractivity contribution >= 4 is 17.5 Å². The molecule has 2 amide bonds. The van der Waals surface area contributed by atoms with Gasteiger partial charge < -0.3 is 15.0 Å². The first-order valence-electron chi connectivity index (χ1n) is 8.01. The van der Waals surface area contributed by atoms with E-state index in [1.165, 1.54) is 0 Å². The molecule has 0 saturated carbocycles. The van der Waals surface area contributed by atoms with Gasteiger partial charge in [-0.05, 0) is 19.1 Å². The van der Waals surface area contributed by atoms with Gasteiger partial charge in [0.1, 0.15) is 0 Å². The summed E-state index contributed by atoms with van der Waals surface area (Å²) in [4.78, 5) is 26.5. The van der Waals surface area contributed by atoms with Crippen molar-refractivity contribution in [1.29, 1.82) is 0 Å². The fourth-order valence-electron chi connectivity index (χ4n) is 2.70. The number of morpholine rings is 1. The van der Waals surface area contributed by atoms with E-state index >= 15 is 0 Å². The molecule has 0 spiro atoms. The fourth-order valence-corrected chi connectivity index (χ4v) is 2.70. The number of rotatable bonds is 3. The van der Waals surface area contributed by atoms with E-state index in [0.717, 1.165) is 0 Å². The molecule has 2 aromatic carbocycles. The van der Waals surface area contributed by atoms with Gasteiger partial charge in [-0.25, -0.2) is 4.79 Å². The average molecular weight is 324 g/mol. The predicted octanol–water partition coefficient (Wildman–Crippen LogP) is 3.17. The lowest BCUT2D eigenvalue weighted by Gasteiger charge is -2.31. The van der Waals surface area contributed by atoms with Crippen LogP contribution in [0.5, 0.6) is 0 Å². The molecule has 0 bridgehead atoms. The maximum atomic E-state index is 12.5. The van der Waals surface area contributed by atoms with Gasteiger partial charge in [0.25, 0.3) is 0 Å². The van der Waals surface area contributed by atoms with Gasteiger partial charge >= 0.3 is 6.03 Å². The maximum Gasteiger partial charge on any atom is 0.322 e. The zero-order valence-corrected chi connectivity index (χ0v) is 13.6. The van der Waals surface area contributed by atoms with Crippen LogP contribution in [0.25, 0.3) is 0 Å². The van der Waals surface area contributed by atoms with Crippen molar-refractivity contribution < 1.29 is 14.3 Å². The van der Waals surface area contributed by atoms with E-state index in [0.29, 0.717) is 36.5 Å². The van der Waals surface area contributed by atoms with Crippen molar-refractivity contribution in [3.8, 4) is 0 Å². The Morgan fingerprint density at radius 3 is 2.58 bits per heavy atom. The minimum absolute atomic E-state index is 0.0375. The summed E-state index contributed by atoms with van der Waals surface area (Å²) in [6.07, 6.45) is 0.0375. The number of benzene rings is 2. The molecular weight excluding hydrogens is 304 g/mol. The molecule has 1 N–H and O–H groups in total. The first kappa shape index (κ1) is 16.2. The molecule has 24 heavy (non-hydrogen) atoms. The molecular formula is C19H20N2O3. The van der Waals surface area contributed by atoms with Crippen LogP contribution in [0.4, 0.5) is 10.5 Å². The summed E-state index contributed by atoms with van der Waals surface area (Å²) in [5, 5.41) is 2.86. The van der Waals surface area contributed by atoms with Gasteiger partial charge in [-0.2, -0.15) is 0 Å². The monoisotopic (exact) mass is 324 g/mol. The van der Waals surface area contributed by atoms with Gasteiger partial charge in [-0.3, -0.25) is 4.79 Å². The lowest BCUT2D eigenvalue weighted by molar-refractivity contribution is -0.00138. The molecule has 124 valence electrons. The molecule has 1 aliphatic rings. The average Bonchev–Trinajstić information content (AvgIpc) is 2.62. The quantitative estimate of drug-likeness (QED) is 0.882. The molecule has 0 unspecified atom stereocenters. The van der Waals surface area contributed by atoms with E-state index < -0.39 is 0 Å². The molecule has 1 saturated heterocycles. The minimum Gasteiger partial charge on any atom is -0.375 e. The molecule has 1 heterocycles. The van der Waals surface area contributed by atoms with Gasteiger partial charge in [0, 0.05) is 29.9 Å². The Balaban J connectivity index is 1.71. The summed E-state index contributed by atoms with van der Waals surface area (Å²) in [6, 6.07) is 15.9. The topological polar surface area (TPSA) is 58.6 Å². The van der Waals surface area contributed by atoms with Gasteiger partial charge in [-0.1, -0.05) is 42.5 Å². The number of hydrogen-bond acceptors (Lipinski definition) is 3. The Morgan fingerprint density at radius 1 is 1.08 bits per heavy atom. The van der Waals surface area contributed by atoms with Gasteiger partial charge in [0.05, 0.1) is 12.7 Å². The number of anilines is 1. The van der Waals surface area contributed by atoms with Crippen LogP contribution in [0.3, 0.4) is 0 Å². The van der Waals surface area contributed by atoms with Crippen LogP contribution in [-0.2, 0) is 4.74 Å². The maximum absolute atomic E-state index is 12.5. The van der Waals surface area contributed by atoms with Crippen LogP contribution in [0.15, 0.2) is 54.6 Å². The van der Waals surface area contributed by atoms with E-state index in [4.69, 9.17) is 4.74 Å². The van der Waals surface area contributed by atoms with Crippen molar-refractivity contribution in [2.75, 3.05) is 25.0 Å². The highest BCUT2D eigenvalue weighted by atomic mass is 16.5. The highest BCUT2D eigenvalue weighted by Gasteiger charge is 2.21. The summed E-state index contributed by atoms with van der Waals surface area (Å²) >= 11 is 0. The summed E-state index contributed by atoms with van der Waals surface area (Å²) in [5.41, 5.74) is 1.79. The molecule has 0 aromatic heterocycles. The van der Waals surface area contributed by atoms with Gasteiger partial charge in [0.2, 0.25) is 0 Å². The summed E-state index contributed by atoms with van der Waals surface area (Å²) in [6.45, 7) is 3.62. The van der Waals surface area contributed by atoms with E-state index in [9.17, 15) is 9.59 Å². The van der Waals surface area contributed by atoms with Crippen molar-refractivity contribution in [3.63, 3.8) is 0 Å².